The van der Waals surface area contributed by atoms with Gasteiger partial charge in [0.25, 0.3) is 0 Å². The standard InChI is InChI=1S/C22H22N2O5S/c1-26-17-5-2-6-19-21(17)23-22(30-19)24(12-15-4-3-9-27-15)20(25)11-14-7-8-16-18(10-14)29-13-28-16/h2,5-8,10,15H,3-4,9,11-13H2,1H3/t15-/m0/s1. The average Bonchev–Trinajstić information content (AvgIpc) is 3.51. The van der Waals surface area contributed by atoms with Crippen LogP contribution in [0.2, 0.25) is 0 Å². The zero-order valence-electron chi connectivity index (χ0n) is 16.6. The molecule has 30 heavy (non-hydrogen) atoms. The van der Waals surface area contributed by atoms with Gasteiger partial charge in [0, 0.05) is 6.61 Å². The third kappa shape index (κ3) is 3.68. The number of carbonyl (C=O) groups is 1. The number of benzene rings is 2. The van der Waals surface area contributed by atoms with Crippen molar-refractivity contribution in [2.45, 2.75) is 25.4 Å². The van der Waals surface area contributed by atoms with Crippen LogP contribution in [0.1, 0.15) is 18.4 Å². The highest BCUT2D eigenvalue weighted by Crippen LogP contribution is 2.36. The molecule has 0 unspecified atom stereocenters. The summed E-state index contributed by atoms with van der Waals surface area (Å²) in [6, 6.07) is 11.4. The quantitative estimate of drug-likeness (QED) is 0.597. The first-order chi connectivity index (χ1) is 14.7. The highest BCUT2D eigenvalue weighted by atomic mass is 32.1. The Morgan fingerprint density at radius 2 is 2.17 bits per heavy atom. The van der Waals surface area contributed by atoms with Gasteiger partial charge in [0.15, 0.2) is 16.6 Å². The molecule has 2 aromatic carbocycles. The molecule has 1 amide bonds. The molecule has 1 fully saturated rings. The van der Waals surface area contributed by atoms with E-state index in [9.17, 15) is 4.79 Å². The van der Waals surface area contributed by atoms with Crippen LogP contribution in [0.4, 0.5) is 5.13 Å². The lowest BCUT2D eigenvalue weighted by Crippen LogP contribution is -2.38. The summed E-state index contributed by atoms with van der Waals surface area (Å²) in [6.45, 7) is 1.44. The first-order valence-electron chi connectivity index (χ1n) is 9.95. The van der Waals surface area contributed by atoms with E-state index in [-0.39, 0.29) is 25.2 Å². The third-order valence-electron chi connectivity index (χ3n) is 5.33. The normalized spacial score (nSPS) is 17.4. The average molecular weight is 426 g/mol. The zero-order valence-corrected chi connectivity index (χ0v) is 17.4. The Bertz CT molecular complexity index is 1080. The number of nitrogens with zero attached hydrogens (tertiary/aromatic N) is 2. The number of aromatic nitrogens is 1. The predicted octanol–water partition coefficient (Wildman–Crippen LogP) is 3.79. The monoisotopic (exact) mass is 426 g/mol. The number of hydrogen-bond donors (Lipinski definition) is 0. The predicted molar refractivity (Wildman–Crippen MR) is 114 cm³/mol. The van der Waals surface area contributed by atoms with Crippen molar-refractivity contribution in [2.24, 2.45) is 0 Å². The van der Waals surface area contributed by atoms with E-state index in [0.29, 0.717) is 28.9 Å². The minimum Gasteiger partial charge on any atom is -0.494 e. The molecule has 5 rings (SSSR count). The van der Waals surface area contributed by atoms with Gasteiger partial charge in [-0.1, -0.05) is 23.5 Å². The summed E-state index contributed by atoms with van der Waals surface area (Å²) in [7, 11) is 1.63. The molecule has 0 aliphatic carbocycles. The van der Waals surface area contributed by atoms with Gasteiger partial charge in [-0.15, -0.1) is 0 Å². The molecule has 2 aliphatic rings. The van der Waals surface area contributed by atoms with Crippen molar-refractivity contribution in [1.82, 2.24) is 4.98 Å². The van der Waals surface area contributed by atoms with Gasteiger partial charge in [0.2, 0.25) is 12.7 Å². The van der Waals surface area contributed by atoms with E-state index in [1.165, 1.54) is 11.3 Å². The summed E-state index contributed by atoms with van der Waals surface area (Å²) in [5, 5.41) is 0.663. The van der Waals surface area contributed by atoms with Crippen molar-refractivity contribution in [3.8, 4) is 17.2 Å². The molecule has 0 saturated carbocycles. The van der Waals surface area contributed by atoms with Gasteiger partial charge in [0.05, 0.1) is 30.9 Å². The van der Waals surface area contributed by atoms with Crippen LogP contribution < -0.4 is 19.1 Å². The summed E-state index contributed by atoms with van der Waals surface area (Å²) in [6.07, 6.45) is 2.24. The summed E-state index contributed by atoms with van der Waals surface area (Å²) in [5.41, 5.74) is 1.65. The molecule has 1 atom stereocenters. The van der Waals surface area contributed by atoms with Gasteiger partial charge in [0.1, 0.15) is 11.3 Å². The summed E-state index contributed by atoms with van der Waals surface area (Å²) >= 11 is 1.49. The van der Waals surface area contributed by atoms with Crippen LogP contribution in [0.25, 0.3) is 10.2 Å². The van der Waals surface area contributed by atoms with Gasteiger partial charge in [-0.3, -0.25) is 9.69 Å². The molecule has 3 heterocycles. The number of hydrogen-bond acceptors (Lipinski definition) is 7. The van der Waals surface area contributed by atoms with E-state index in [1.807, 2.05) is 36.4 Å². The molecule has 1 saturated heterocycles. The smallest absolute Gasteiger partial charge is 0.233 e. The van der Waals surface area contributed by atoms with Crippen LogP contribution in [0.5, 0.6) is 17.2 Å². The van der Waals surface area contributed by atoms with Gasteiger partial charge >= 0.3 is 0 Å². The Balaban J connectivity index is 1.44. The van der Waals surface area contributed by atoms with E-state index in [4.69, 9.17) is 23.9 Å². The van der Waals surface area contributed by atoms with Crippen LogP contribution in [-0.4, -0.2) is 44.0 Å². The minimum absolute atomic E-state index is 0.0256. The topological polar surface area (TPSA) is 70.1 Å². The third-order valence-corrected chi connectivity index (χ3v) is 6.37. The molecule has 0 radical (unpaired) electrons. The van der Waals surface area contributed by atoms with Gasteiger partial charge < -0.3 is 18.9 Å². The Hall–Kier alpha value is -2.84. The second-order valence-corrected chi connectivity index (χ2v) is 8.32. The Labute approximate surface area is 178 Å². The number of anilines is 1. The van der Waals surface area contributed by atoms with Crippen LogP contribution >= 0.6 is 11.3 Å². The van der Waals surface area contributed by atoms with Crippen LogP contribution in [0.3, 0.4) is 0 Å². The van der Waals surface area contributed by atoms with Crippen molar-refractivity contribution in [2.75, 3.05) is 32.0 Å². The highest BCUT2D eigenvalue weighted by molar-refractivity contribution is 7.22. The molecule has 0 spiro atoms. The Morgan fingerprint density at radius 3 is 3.00 bits per heavy atom. The van der Waals surface area contributed by atoms with Crippen molar-refractivity contribution in [3.63, 3.8) is 0 Å². The van der Waals surface area contributed by atoms with Gasteiger partial charge in [-0.2, -0.15) is 0 Å². The maximum Gasteiger partial charge on any atom is 0.233 e. The summed E-state index contributed by atoms with van der Waals surface area (Å²) in [4.78, 5) is 19.9. The summed E-state index contributed by atoms with van der Waals surface area (Å²) in [5.74, 6) is 2.06. The van der Waals surface area contributed by atoms with Crippen molar-refractivity contribution >= 4 is 32.6 Å². The SMILES string of the molecule is COc1cccc2sc(N(C[C@@H]3CCCO3)C(=O)Cc3ccc4c(c3)OCO4)nc12. The van der Waals surface area contributed by atoms with E-state index in [1.54, 1.807) is 12.0 Å². The molecule has 8 heteroatoms. The molecule has 3 aromatic rings. The first-order valence-corrected chi connectivity index (χ1v) is 10.8. The minimum atomic E-state index is -0.0256. The van der Waals surface area contributed by atoms with Gasteiger partial charge in [-0.05, 0) is 42.7 Å². The van der Waals surface area contributed by atoms with Crippen LogP contribution in [-0.2, 0) is 16.0 Å². The number of rotatable bonds is 6. The van der Waals surface area contributed by atoms with Gasteiger partial charge in [-0.25, -0.2) is 4.98 Å². The second kappa shape index (κ2) is 8.12. The summed E-state index contributed by atoms with van der Waals surface area (Å²) < 4.78 is 23.0. The number of ether oxygens (including phenoxy) is 4. The molecule has 0 bridgehead atoms. The van der Waals surface area contributed by atoms with Crippen molar-refractivity contribution in [1.29, 1.82) is 0 Å². The Kier molecular flexibility index (Phi) is 5.18. The van der Waals surface area contributed by atoms with Crippen molar-refractivity contribution in [3.05, 3.63) is 42.0 Å². The van der Waals surface area contributed by atoms with E-state index < -0.39 is 0 Å². The number of amides is 1. The number of thiazole rings is 1. The number of fused-ring (bicyclic) bond motifs is 2. The fourth-order valence-electron chi connectivity index (χ4n) is 3.79. The van der Waals surface area contributed by atoms with Crippen molar-refractivity contribution < 1.29 is 23.7 Å². The lowest BCUT2D eigenvalue weighted by Gasteiger charge is -2.23. The largest absolute Gasteiger partial charge is 0.494 e. The van der Waals surface area contributed by atoms with E-state index in [0.717, 1.165) is 35.2 Å². The maximum absolute atomic E-state index is 13.4. The zero-order chi connectivity index (χ0) is 20.5. The second-order valence-electron chi connectivity index (χ2n) is 7.31. The lowest BCUT2D eigenvalue weighted by atomic mass is 10.1. The lowest BCUT2D eigenvalue weighted by molar-refractivity contribution is -0.118. The first kappa shape index (κ1) is 19.1. The molecule has 0 N–H and O–H groups in total. The fraction of sp³-hybridized carbons (Fsp3) is 0.364. The molecule has 2 aliphatic heterocycles. The number of para-hydroxylation sites is 1. The molecule has 1 aromatic heterocycles. The Morgan fingerprint density at radius 1 is 1.27 bits per heavy atom. The van der Waals surface area contributed by atoms with Crippen LogP contribution in [0, 0.1) is 0 Å². The molecular formula is C22H22N2O5S. The molecule has 7 nitrogen and oxygen atoms in total. The van der Waals surface area contributed by atoms with E-state index in [2.05, 4.69) is 0 Å². The maximum atomic E-state index is 13.4. The van der Waals surface area contributed by atoms with E-state index >= 15 is 0 Å². The number of carbonyl (C=O) groups excluding carboxylic acids is 1. The number of methoxy groups -OCH3 is 1. The molecular weight excluding hydrogens is 404 g/mol. The van der Waals surface area contributed by atoms with Crippen LogP contribution in [0.15, 0.2) is 36.4 Å². The highest BCUT2D eigenvalue weighted by Gasteiger charge is 2.27. The fourth-order valence-corrected chi connectivity index (χ4v) is 4.80. The molecule has 156 valence electrons.